The largest absolute Gasteiger partial charge is 0.464 e. The molecule has 0 aromatic heterocycles. The molecule has 0 radical (unpaired) electrons. The van der Waals surface area contributed by atoms with Gasteiger partial charge in [-0.1, -0.05) is 6.92 Å². The van der Waals surface area contributed by atoms with E-state index in [9.17, 15) is 4.79 Å². The monoisotopic (exact) mass is 162 g/mol. The predicted octanol–water partition coefficient (Wildman–Crippen LogP) is -0.319. The van der Waals surface area contributed by atoms with Crippen LogP contribution in [0.3, 0.4) is 0 Å². The summed E-state index contributed by atoms with van der Waals surface area (Å²) in [7, 11) is 0. The highest BCUT2D eigenvalue weighted by Crippen LogP contribution is 1.99. The number of rotatable bonds is 4. The number of aliphatic hydroxyl groups excluding tert-OH is 2. The van der Waals surface area contributed by atoms with Crippen molar-refractivity contribution in [1.82, 2.24) is 0 Å². The number of hydrogen-bond donors (Lipinski definition) is 2. The number of ether oxygens (including phenoxy) is 1. The van der Waals surface area contributed by atoms with E-state index in [1.54, 1.807) is 13.8 Å². The third-order valence-electron chi connectivity index (χ3n) is 1.31. The second-order valence-corrected chi connectivity index (χ2v) is 2.17. The Kier molecular flexibility index (Phi) is 4.81. The van der Waals surface area contributed by atoms with Crippen molar-refractivity contribution in [2.75, 3.05) is 6.61 Å². The van der Waals surface area contributed by atoms with Crippen LogP contribution >= 0.6 is 0 Å². The van der Waals surface area contributed by atoms with Crippen molar-refractivity contribution in [2.24, 2.45) is 0 Å². The van der Waals surface area contributed by atoms with E-state index in [0.29, 0.717) is 6.42 Å². The van der Waals surface area contributed by atoms with Crippen molar-refractivity contribution in [1.29, 1.82) is 0 Å². The van der Waals surface area contributed by atoms with Gasteiger partial charge in [-0.2, -0.15) is 0 Å². The van der Waals surface area contributed by atoms with E-state index >= 15 is 0 Å². The summed E-state index contributed by atoms with van der Waals surface area (Å²) in [6.45, 7) is 3.53. The van der Waals surface area contributed by atoms with Gasteiger partial charge in [0.05, 0.1) is 12.7 Å². The van der Waals surface area contributed by atoms with Crippen LogP contribution in [0.5, 0.6) is 0 Å². The van der Waals surface area contributed by atoms with Gasteiger partial charge in [0.25, 0.3) is 0 Å². The van der Waals surface area contributed by atoms with Crippen LogP contribution in [0.2, 0.25) is 0 Å². The summed E-state index contributed by atoms with van der Waals surface area (Å²) >= 11 is 0. The highest BCUT2D eigenvalue weighted by Gasteiger charge is 2.23. The van der Waals surface area contributed by atoms with Crippen LogP contribution in [-0.2, 0) is 9.53 Å². The van der Waals surface area contributed by atoms with Gasteiger partial charge in [-0.05, 0) is 13.3 Å². The van der Waals surface area contributed by atoms with Gasteiger partial charge in [0, 0.05) is 0 Å². The van der Waals surface area contributed by atoms with Crippen LogP contribution in [0.25, 0.3) is 0 Å². The second-order valence-electron chi connectivity index (χ2n) is 2.17. The molecule has 0 aliphatic heterocycles. The van der Waals surface area contributed by atoms with Crippen molar-refractivity contribution in [2.45, 2.75) is 32.5 Å². The normalized spacial score (nSPS) is 15.6. The van der Waals surface area contributed by atoms with E-state index in [-0.39, 0.29) is 6.61 Å². The molecule has 2 N–H and O–H groups in total. The Hall–Kier alpha value is -0.610. The molecule has 0 fully saturated rings. The summed E-state index contributed by atoms with van der Waals surface area (Å²) < 4.78 is 4.48. The van der Waals surface area contributed by atoms with E-state index in [4.69, 9.17) is 10.2 Å². The van der Waals surface area contributed by atoms with Gasteiger partial charge in [0.1, 0.15) is 0 Å². The second kappa shape index (κ2) is 5.09. The molecule has 0 aromatic rings. The summed E-state index contributed by atoms with van der Waals surface area (Å²) in [5, 5.41) is 18.0. The molecule has 0 aliphatic rings. The summed E-state index contributed by atoms with van der Waals surface area (Å²) in [6.07, 6.45) is -2.09. The minimum atomic E-state index is -1.40. The van der Waals surface area contributed by atoms with Gasteiger partial charge in [0.15, 0.2) is 6.10 Å². The zero-order valence-corrected chi connectivity index (χ0v) is 6.78. The third kappa shape index (κ3) is 3.34. The predicted molar refractivity (Wildman–Crippen MR) is 38.9 cm³/mol. The molecule has 0 spiro atoms. The maximum absolute atomic E-state index is 10.7. The minimum Gasteiger partial charge on any atom is -0.464 e. The molecule has 0 heterocycles. The summed E-state index contributed by atoms with van der Waals surface area (Å²) in [5.41, 5.74) is 0. The summed E-state index contributed by atoms with van der Waals surface area (Å²) in [5.74, 6) is -0.762. The molecule has 0 unspecified atom stereocenters. The molecule has 0 amide bonds. The van der Waals surface area contributed by atoms with Crippen LogP contribution in [0.4, 0.5) is 0 Å². The van der Waals surface area contributed by atoms with E-state index in [0.717, 1.165) is 0 Å². The lowest BCUT2D eigenvalue weighted by molar-refractivity contribution is -0.159. The third-order valence-corrected chi connectivity index (χ3v) is 1.31. The Bertz CT molecular complexity index is 124. The smallest absolute Gasteiger partial charge is 0.337 e. The Morgan fingerprint density at radius 3 is 2.36 bits per heavy atom. The molecule has 0 aliphatic carbocycles. The van der Waals surface area contributed by atoms with Gasteiger partial charge >= 0.3 is 5.97 Å². The van der Waals surface area contributed by atoms with Crippen LogP contribution in [-0.4, -0.2) is 35.0 Å². The fourth-order valence-corrected chi connectivity index (χ4v) is 0.608. The number of hydrogen-bond acceptors (Lipinski definition) is 4. The molecular weight excluding hydrogens is 148 g/mol. The number of carbonyl (C=O) groups excluding carboxylic acids is 1. The van der Waals surface area contributed by atoms with Crippen molar-refractivity contribution in [3.8, 4) is 0 Å². The average Bonchev–Trinajstić information content (AvgIpc) is 2.02. The highest BCUT2D eigenvalue weighted by atomic mass is 16.5. The number of carbonyl (C=O) groups is 1. The highest BCUT2D eigenvalue weighted by molar-refractivity contribution is 5.74. The molecule has 4 nitrogen and oxygen atoms in total. The lowest BCUT2D eigenvalue weighted by atomic mass is 10.1. The van der Waals surface area contributed by atoms with E-state index in [1.807, 2.05) is 0 Å². The van der Waals surface area contributed by atoms with E-state index in [2.05, 4.69) is 4.74 Å². The SMILES string of the molecule is CCOC(=O)[C@@H](O)[C@H](O)CC. The molecule has 66 valence electrons. The maximum atomic E-state index is 10.7. The van der Waals surface area contributed by atoms with Crippen LogP contribution in [0.15, 0.2) is 0 Å². The first kappa shape index (κ1) is 10.4. The van der Waals surface area contributed by atoms with Crippen molar-refractivity contribution < 1.29 is 19.7 Å². The van der Waals surface area contributed by atoms with Gasteiger partial charge in [0.2, 0.25) is 0 Å². The van der Waals surface area contributed by atoms with Gasteiger partial charge in [-0.25, -0.2) is 4.79 Å². The van der Waals surface area contributed by atoms with Crippen molar-refractivity contribution >= 4 is 5.97 Å². The van der Waals surface area contributed by atoms with E-state index < -0.39 is 18.2 Å². The summed E-state index contributed by atoms with van der Waals surface area (Å²) in [6, 6.07) is 0. The lowest BCUT2D eigenvalue weighted by Crippen LogP contribution is -2.34. The minimum absolute atomic E-state index is 0.215. The quantitative estimate of drug-likeness (QED) is 0.556. The van der Waals surface area contributed by atoms with Crippen molar-refractivity contribution in [3.63, 3.8) is 0 Å². The molecule has 0 saturated heterocycles. The Balaban J connectivity index is 3.80. The van der Waals surface area contributed by atoms with Gasteiger partial charge in [-0.3, -0.25) is 0 Å². The standard InChI is InChI=1S/C7H14O4/c1-3-5(8)6(9)7(10)11-4-2/h5-6,8-9H,3-4H2,1-2H3/t5-,6+/m1/s1. The topological polar surface area (TPSA) is 66.8 Å². The van der Waals surface area contributed by atoms with Crippen LogP contribution in [0.1, 0.15) is 20.3 Å². The van der Waals surface area contributed by atoms with Crippen LogP contribution < -0.4 is 0 Å². The summed E-state index contributed by atoms with van der Waals surface area (Å²) in [4.78, 5) is 10.7. The van der Waals surface area contributed by atoms with Crippen molar-refractivity contribution in [3.05, 3.63) is 0 Å². The number of esters is 1. The maximum Gasteiger partial charge on any atom is 0.337 e. The molecule has 0 bridgehead atoms. The number of aliphatic hydroxyl groups is 2. The molecule has 4 heteroatoms. The molecular formula is C7H14O4. The lowest BCUT2D eigenvalue weighted by Gasteiger charge is -2.13. The molecule has 2 atom stereocenters. The zero-order valence-electron chi connectivity index (χ0n) is 6.78. The Morgan fingerprint density at radius 2 is 2.00 bits per heavy atom. The van der Waals surface area contributed by atoms with Gasteiger partial charge in [-0.15, -0.1) is 0 Å². The average molecular weight is 162 g/mol. The van der Waals surface area contributed by atoms with Gasteiger partial charge < -0.3 is 14.9 Å². The molecule has 0 saturated carbocycles. The first-order chi connectivity index (χ1) is 5.13. The molecule has 0 rings (SSSR count). The fraction of sp³-hybridized carbons (Fsp3) is 0.857. The molecule has 11 heavy (non-hydrogen) atoms. The fourth-order valence-electron chi connectivity index (χ4n) is 0.608. The van der Waals surface area contributed by atoms with E-state index in [1.165, 1.54) is 0 Å². The first-order valence-electron chi connectivity index (χ1n) is 3.66. The zero-order chi connectivity index (χ0) is 8.85. The van der Waals surface area contributed by atoms with Crippen LogP contribution in [0, 0.1) is 0 Å². The molecule has 0 aromatic carbocycles. The Labute approximate surface area is 65.8 Å². The Morgan fingerprint density at radius 1 is 1.45 bits per heavy atom. The first-order valence-corrected chi connectivity index (χ1v) is 3.66.